The van der Waals surface area contributed by atoms with Crippen LogP contribution in [-0.4, -0.2) is 51.7 Å². The lowest BCUT2D eigenvalue weighted by atomic mass is 10.0. The SMILES string of the molecule is CCCCCCCOc1ccc(-c2cnc(-c3ccc(C[C@H](NC(=O)OCc4ccccc4)C(=O)N[C@H](C)C(=O)O)cc3)nc2)cc1. The molecule has 47 heavy (non-hydrogen) atoms. The summed E-state index contributed by atoms with van der Waals surface area (Å²) in [4.78, 5) is 45.9. The zero-order valence-corrected chi connectivity index (χ0v) is 26.9. The van der Waals surface area contributed by atoms with Crippen molar-refractivity contribution < 1.29 is 29.0 Å². The van der Waals surface area contributed by atoms with E-state index in [2.05, 4.69) is 27.5 Å². The summed E-state index contributed by atoms with van der Waals surface area (Å²) in [6, 6.07) is 22.1. The summed E-state index contributed by atoms with van der Waals surface area (Å²) in [7, 11) is 0. The molecular formula is C37H42N4O6. The highest BCUT2D eigenvalue weighted by Crippen LogP contribution is 2.24. The number of carbonyl (C=O) groups is 3. The van der Waals surface area contributed by atoms with E-state index in [9.17, 15) is 19.5 Å². The van der Waals surface area contributed by atoms with Crippen LogP contribution in [0, 0.1) is 0 Å². The average molecular weight is 639 g/mol. The number of hydrogen-bond acceptors (Lipinski definition) is 7. The van der Waals surface area contributed by atoms with E-state index in [1.54, 1.807) is 12.4 Å². The first-order valence-corrected chi connectivity index (χ1v) is 16.0. The third-order valence-electron chi connectivity index (χ3n) is 7.56. The van der Waals surface area contributed by atoms with E-state index in [1.807, 2.05) is 78.9 Å². The number of carboxylic acids is 1. The molecule has 3 N–H and O–H groups in total. The zero-order chi connectivity index (χ0) is 33.4. The van der Waals surface area contributed by atoms with Crippen molar-refractivity contribution >= 4 is 18.0 Å². The molecule has 4 aromatic rings. The molecule has 2 atom stereocenters. The average Bonchev–Trinajstić information content (AvgIpc) is 3.09. The summed E-state index contributed by atoms with van der Waals surface area (Å²) >= 11 is 0. The minimum absolute atomic E-state index is 0.0268. The summed E-state index contributed by atoms with van der Waals surface area (Å²) in [6.07, 6.45) is 8.86. The molecule has 0 fully saturated rings. The molecule has 0 bridgehead atoms. The van der Waals surface area contributed by atoms with Gasteiger partial charge in [0, 0.05) is 29.9 Å². The van der Waals surface area contributed by atoms with E-state index in [0.29, 0.717) is 5.82 Å². The molecule has 0 spiro atoms. The van der Waals surface area contributed by atoms with Gasteiger partial charge >= 0.3 is 12.1 Å². The lowest BCUT2D eigenvalue weighted by Crippen LogP contribution is -2.51. The number of carbonyl (C=O) groups excluding carboxylic acids is 2. The Kier molecular flexibility index (Phi) is 13.3. The molecule has 4 rings (SSSR count). The Bertz CT molecular complexity index is 1560. The Labute approximate surface area is 275 Å². The molecule has 0 aliphatic rings. The van der Waals surface area contributed by atoms with Crippen molar-refractivity contribution in [2.75, 3.05) is 6.61 Å². The lowest BCUT2D eigenvalue weighted by Gasteiger charge is -2.20. The first-order chi connectivity index (χ1) is 22.8. The Balaban J connectivity index is 1.35. The van der Waals surface area contributed by atoms with E-state index in [-0.39, 0.29) is 13.0 Å². The molecule has 10 heteroatoms. The maximum absolute atomic E-state index is 12.9. The Morgan fingerprint density at radius 1 is 0.766 bits per heavy atom. The van der Waals surface area contributed by atoms with Gasteiger partial charge in [0.1, 0.15) is 24.4 Å². The van der Waals surface area contributed by atoms with Gasteiger partial charge < -0.3 is 25.2 Å². The Hall–Kier alpha value is -5.25. The fourth-order valence-electron chi connectivity index (χ4n) is 4.78. The van der Waals surface area contributed by atoms with Crippen molar-refractivity contribution in [3.8, 4) is 28.3 Å². The molecule has 0 unspecified atom stereocenters. The number of ether oxygens (including phenoxy) is 2. The van der Waals surface area contributed by atoms with Gasteiger partial charge in [-0.1, -0.05) is 99.3 Å². The van der Waals surface area contributed by atoms with Crippen LogP contribution in [-0.2, 0) is 27.4 Å². The van der Waals surface area contributed by atoms with Gasteiger partial charge in [-0.3, -0.25) is 9.59 Å². The van der Waals surface area contributed by atoms with Crippen LogP contribution in [0.2, 0.25) is 0 Å². The summed E-state index contributed by atoms with van der Waals surface area (Å²) in [5.41, 5.74) is 4.17. The lowest BCUT2D eigenvalue weighted by molar-refractivity contribution is -0.141. The third kappa shape index (κ3) is 11.2. The standard InChI is InChI=1S/C37H42N4O6/c1-3-4-5-6-10-21-46-32-19-17-29(18-20-32)31-23-38-34(39-24-31)30-15-13-27(14-16-30)22-33(35(42)40-26(2)36(43)44)41-37(45)47-25-28-11-8-7-9-12-28/h7-9,11-20,23-24,26,33H,3-6,10,21-22,25H2,1-2H3,(H,40,42)(H,41,45)(H,43,44)/t26-,33+/m1/s1. The normalized spacial score (nSPS) is 12.0. The quantitative estimate of drug-likeness (QED) is 0.110. The van der Waals surface area contributed by atoms with Crippen LogP contribution in [0.5, 0.6) is 5.75 Å². The molecule has 2 amide bonds. The molecule has 0 radical (unpaired) electrons. The van der Waals surface area contributed by atoms with Gasteiger partial charge in [-0.05, 0) is 42.2 Å². The van der Waals surface area contributed by atoms with Crippen LogP contribution < -0.4 is 15.4 Å². The molecule has 246 valence electrons. The van der Waals surface area contributed by atoms with Crippen molar-refractivity contribution in [3.05, 3.63) is 102 Å². The second-order valence-electron chi connectivity index (χ2n) is 11.3. The second-order valence-corrected chi connectivity index (χ2v) is 11.3. The molecule has 10 nitrogen and oxygen atoms in total. The minimum atomic E-state index is -1.19. The third-order valence-corrected chi connectivity index (χ3v) is 7.56. The fourth-order valence-corrected chi connectivity index (χ4v) is 4.78. The molecule has 3 aromatic carbocycles. The number of nitrogens with one attached hydrogen (secondary N) is 2. The summed E-state index contributed by atoms with van der Waals surface area (Å²) in [5.74, 6) is -0.442. The molecule has 0 saturated heterocycles. The molecule has 0 aliphatic heterocycles. The van der Waals surface area contributed by atoms with Gasteiger partial charge in [-0.2, -0.15) is 0 Å². The smallest absolute Gasteiger partial charge is 0.408 e. The number of aromatic nitrogens is 2. The number of rotatable bonds is 17. The van der Waals surface area contributed by atoms with Crippen molar-refractivity contribution in [1.29, 1.82) is 0 Å². The summed E-state index contributed by atoms with van der Waals surface area (Å²) in [6.45, 7) is 4.31. The van der Waals surface area contributed by atoms with Crippen LogP contribution in [0.25, 0.3) is 22.5 Å². The van der Waals surface area contributed by atoms with Crippen molar-refractivity contribution in [2.24, 2.45) is 0 Å². The van der Waals surface area contributed by atoms with Crippen LogP contribution in [0.1, 0.15) is 57.1 Å². The van der Waals surface area contributed by atoms with Crippen molar-refractivity contribution in [2.45, 2.75) is 71.1 Å². The molecular weight excluding hydrogens is 596 g/mol. The van der Waals surface area contributed by atoms with Crippen molar-refractivity contribution in [1.82, 2.24) is 20.6 Å². The van der Waals surface area contributed by atoms with Gasteiger partial charge in [0.15, 0.2) is 5.82 Å². The number of hydrogen-bond donors (Lipinski definition) is 3. The predicted molar refractivity (Wildman–Crippen MR) is 180 cm³/mol. The van der Waals surface area contributed by atoms with Gasteiger partial charge in [0.05, 0.1) is 6.61 Å². The monoisotopic (exact) mass is 638 g/mol. The number of unbranched alkanes of at least 4 members (excludes halogenated alkanes) is 4. The van der Waals surface area contributed by atoms with Crippen LogP contribution in [0.15, 0.2) is 91.3 Å². The highest BCUT2D eigenvalue weighted by atomic mass is 16.5. The molecule has 0 aliphatic carbocycles. The first kappa shape index (κ1) is 34.6. The highest BCUT2D eigenvalue weighted by molar-refractivity contribution is 5.89. The van der Waals surface area contributed by atoms with Crippen LogP contribution >= 0.6 is 0 Å². The fraction of sp³-hybridized carbons (Fsp3) is 0.324. The Morgan fingerprint density at radius 3 is 2.09 bits per heavy atom. The topological polar surface area (TPSA) is 140 Å². The van der Waals surface area contributed by atoms with Crippen LogP contribution in [0.4, 0.5) is 4.79 Å². The number of carboxylic acid groups (broad SMARTS) is 1. The van der Waals surface area contributed by atoms with E-state index in [4.69, 9.17) is 9.47 Å². The molecule has 0 saturated carbocycles. The van der Waals surface area contributed by atoms with E-state index >= 15 is 0 Å². The number of amides is 2. The largest absolute Gasteiger partial charge is 0.494 e. The molecule has 1 heterocycles. The van der Waals surface area contributed by atoms with Crippen molar-refractivity contribution in [3.63, 3.8) is 0 Å². The van der Waals surface area contributed by atoms with Gasteiger partial charge in [-0.25, -0.2) is 14.8 Å². The zero-order valence-electron chi connectivity index (χ0n) is 26.9. The summed E-state index contributed by atoms with van der Waals surface area (Å²) < 4.78 is 11.2. The minimum Gasteiger partial charge on any atom is -0.494 e. The maximum atomic E-state index is 12.9. The second kappa shape index (κ2) is 18.0. The Morgan fingerprint density at radius 2 is 1.43 bits per heavy atom. The molecule has 1 aromatic heterocycles. The predicted octanol–water partition coefficient (Wildman–Crippen LogP) is 6.59. The maximum Gasteiger partial charge on any atom is 0.408 e. The number of nitrogens with zero attached hydrogens (tertiary/aromatic N) is 2. The van der Waals surface area contributed by atoms with Gasteiger partial charge in [0.25, 0.3) is 0 Å². The van der Waals surface area contributed by atoms with Gasteiger partial charge in [-0.15, -0.1) is 0 Å². The van der Waals surface area contributed by atoms with Gasteiger partial charge in [0.2, 0.25) is 5.91 Å². The summed E-state index contributed by atoms with van der Waals surface area (Å²) in [5, 5.41) is 14.2. The number of aliphatic carboxylic acids is 1. The van der Waals surface area contributed by atoms with Crippen LogP contribution in [0.3, 0.4) is 0 Å². The first-order valence-electron chi connectivity index (χ1n) is 16.0. The van der Waals surface area contributed by atoms with E-state index < -0.39 is 30.1 Å². The van der Waals surface area contributed by atoms with E-state index in [1.165, 1.54) is 32.6 Å². The number of benzene rings is 3. The number of alkyl carbamates (subject to hydrolysis) is 1. The highest BCUT2D eigenvalue weighted by Gasteiger charge is 2.25. The van der Waals surface area contributed by atoms with E-state index in [0.717, 1.165) is 46.6 Å².